The molecular weight excluding hydrogens is 502 g/mol. The van der Waals surface area contributed by atoms with Crippen molar-refractivity contribution in [2.75, 3.05) is 59.5 Å². The van der Waals surface area contributed by atoms with Gasteiger partial charge in [0.1, 0.15) is 5.82 Å². The maximum absolute atomic E-state index is 14.1. The molecule has 8 nitrogen and oxygen atoms in total. The van der Waals surface area contributed by atoms with Gasteiger partial charge in [0.05, 0.1) is 31.3 Å². The fourth-order valence-corrected chi connectivity index (χ4v) is 3.00. The number of nitriles is 1. The molecule has 1 amide bonds. The smallest absolute Gasteiger partial charge is 0.234 e. The molecule has 0 saturated carbocycles. The molecular formula is C20H30FIN6O2. The van der Waals surface area contributed by atoms with E-state index in [9.17, 15) is 9.18 Å². The van der Waals surface area contributed by atoms with Crippen LogP contribution >= 0.6 is 24.0 Å². The highest BCUT2D eigenvalue weighted by molar-refractivity contribution is 14.0. The molecule has 1 saturated heterocycles. The minimum absolute atomic E-state index is 0. The molecule has 2 N–H and O–H groups in total. The number of hydrogen-bond donors (Lipinski definition) is 2. The predicted octanol–water partition coefficient (Wildman–Crippen LogP) is 1.16. The van der Waals surface area contributed by atoms with Crippen molar-refractivity contribution in [3.05, 3.63) is 35.1 Å². The summed E-state index contributed by atoms with van der Waals surface area (Å²) in [4.78, 5) is 20.7. The summed E-state index contributed by atoms with van der Waals surface area (Å²) >= 11 is 0. The second kappa shape index (κ2) is 14.1. The van der Waals surface area contributed by atoms with E-state index in [1.54, 1.807) is 19.2 Å². The number of carbonyl (C=O) groups excluding carboxylic acids is 1. The SMILES string of the molecule is CCNC(=NCc1ccc(C#N)cc1F)N1CCN(CC(=O)NCCOC)CC1.I. The number of nitrogens with one attached hydrogen (secondary N) is 2. The summed E-state index contributed by atoms with van der Waals surface area (Å²) in [5, 5.41) is 14.9. The van der Waals surface area contributed by atoms with Crippen LogP contribution in [0.1, 0.15) is 18.1 Å². The van der Waals surface area contributed by atoms with Crippen LogP contribution in [0.3, 0.4) is 0 Å². The molecule has 1 aliphatic rings. The predicted molar refractivity (Wildman–Crippen MR) is 124 cm³/mol. The molecule has 166 valence electrons. The van der Waals surface area contributed by atoms with Gasteiger partial charge in [-0.05, 0) is 19.1 Å². The van der Waals surface area contributed by atoms with Crippen molar-refractivity contribution in [3.63, 3.8) is 0 Å². The zero-order valence-corrected chi connectivity index (χ0v) is 19.8. The fraction of sp³-hybridized carbons (Fsp3) is 0.550. The first-order valence-corrected chi connectivity index (χ1v) is 9.77. The standard InChI is InChI=1S/C20H29FN6O2.HI/c1-3-23-20(25-14-17-5-4-16(13-22)12-18(17)21)27-9-7-26(8-10-27)15-19(28)24-6-11-29-2;/h4-5,12H,3,6-11,14-15H2,1-2H3,(H,23,25)(H,24,28);1H. The minimum Gasteiger partial charge on any atom is -0.383 e. The molecule has 0 unspecified atom stereocenters. The Morgan fingerprint density at radius 2 is 2.03 bits per heavy atom. The Kier molecular flexibility index (Phi) is 12.3. The summed E-state index contributed by atoms with van der Waals surface area (Å²) in [5.41, 5.74) is 0.746. The van der Waals surface area contributed by atoms with Gasteiger partial charge < -0.3 is 20.3 Å². The van der Waals surface area contributed by atoms with Crippen LogP contribution < -0.4 is 10.6 Å². The third kappa shape index (κ3) is 8.41. The number of nitrogens with zero attached hydrogens (tertiary/aromatic N) is 4. The van der Waals surface area contributed by atoms with Gasteiger partial charge in [0.15, 0.2) is 5.96 Å². The topological polar surface area (TPSA) is 93.0 Å². The molecule has 10 heteroatoms. The van der Waals surface area contributed by atoms with Crippen LogP contribution in [0, 0.1) is 17.1 Å². The summed E-state index contributed by atoms with van der Waals surface area (Å²) in [6.45, 7) is 7.21. The third-order valence-electron chi connectivity index (χ3n) is 4.58. The van der Waals surface area contributed by atoms with Crippen molar-refractivity contribution < 1.29 is 13.9 Å². The number of ether oxygens (including phenoxy) is 1. The van der Waals surface area contributed by atoms with Crippen LogP contribution in [0.15, 0.2) is 23.2 Å². The highest BCUT2D eigenvalue weighted by Gasteiger charge is 2.21. The minimum atomic E-state index is -0.423. The number of guanidine groups is 1. The van der Waals surface area contributed by atoms with Gasteiger partial charge in [0.25, 0.3) is 0 Å². The maximum atomic E-state index is 14.1. The molecule has 0 radical (unpaired) electrons. The Morgan fingerprint density at radius 1 is 1.30 bits per heavy atom. The lowest BCUT2D eigenvalue weighted by atomic mass is 10.1. The Balaban J connectivity index is 0.00000450. The van der Waals surface area contributed by atoms with Crippen LogP contribution in [0.4, 0.5) is 4.39 Å². The zero-order valence-electron chi connectivity index (χ0n) is 17.5. The van der Waals surface area contributed by atoms with E-state index in [0.717, 1.165) is 32.1 Å². The van der Waals surface area contributed by atoms with Gasteiger partial charge in [-0.3, -0.25) is 9.69 Å². The Labute approximate surface area is 194 Å². The molecule has 1 aromatic rings. The molecule has 2 rings (SSSR count). The van der Waals surface area contributed by atoms with E-state index in [0.29, 0.717) is 37.4 Å². The molecule has 0 bridgehead atoms. The summed E-state index contributed by atoms with van der Waals surface area (Å²) in [6.07, 6.45) is 0. The first-order valence-electron chi connectivity index (χ1n) is 9.77. The maximum Gasteiger partial charge on any atom is 0.234 e. The lowest BCUT2D eigenvalue weighted by molar-refractivity contribution is -0.122. The Morgan fingerprint density at radius 3 is 2.63 bits per heavy atom. The monoisotopic (exact) mass is 532 g/mol. The van der Waals surface area contributed by atoms with E-state index < -0.39 is 5.82 Å². The second-order valence-corrected chi connectivity index (χ2v) is 6.69. The molecule has 0 aliphatic carbocycles. The van der Waals surface area contributed by atoms with E-state index in [-0.39, 0.29) is 36.4 Å². The Hall–Kier alpha value is -1.97. The van der Waals surface area contributed by atoms with Crippen molar-refractivity contribution in [1.82, 2.24) is 20.4 Å². The van der Waals surface area contributed by atoms with Crippen molar-refractivity contribution in [2.45, 2.75) is 13.5 Å². The summed E-state index contributed by atoms with van der Waals surface area (Å²) in [5.74, 6) is 0.292. The number of amides is 1. The van der Waals surface area contributed by atoms with E-state index in [2.05, 4.69) is 25.4 Å². The number of benzene rings is 1. The molecule has 1 aromatic carbocycles. The van der Waals surface area contributed by atoms with Crippen LogP contribution in [-0.4, -0.2) is 81.2 Å². The third-order valence-corrected chi connectivity index (χ3v) is 4.58. The molecule has 0 atom stereocenters. The van der Waals surface area contributed by atoms with E-state index >= 15 is 0 Å². The number of rotatable bonds is 8. The molecule has 0 aromatic heterocycles. The highest BCUT2D eigenvalue weighted by atomic mass is 127. The lowest BCUT2D eigenvalue weighted by Crippen LogP contribution is -2.54. The normalized spacial score (nSPS) is 14.6. The number of aliphatic imine (C=N–C) groups is 1. The first-order chi connectivity index (χ1) is 14.1. The van der Waals surface area contributed by atoms with Crippen molar-refractivity contribution >= 4 is 35.8 Å². The van der Waals surface area contributed by atoms with Crippen molar-refractivity contribution in [1.29, 1.82) is 5.26 Å². The summed E-state index contributed by atoms with van der Waals surface area (Å²) in [6, 6.07) is 6.35. The van der Waals surface area contributed by atoms with E-state index in [4.69, 9.17) is 10.00 Å². The summed E-state index contributed by atoms with van der Waals surface area (Å²) in [7, 11) is 1.60. The van der Waals surface area contributed by atoms with Crippen LogP contribution in [-0.2, 0) is 16.1 Å². The van der Waals surface area contributed by atoms with Crippen molar-refractivity contribution in [2.24, 2.45) is 4.99 Å². The largest absolute Gasteiger partial charge is 0.383 e. The van der Waals surface area contributed by atoms with E-state index in [1.807, 2.05) is 13.0 Å². The zero-order chi connectivity index (χ0) is 21.1. The number of piperazine rings is 1. The van der Waals surface area contributed by atoms with Crippen LogP contribution in [0.2, 0.25) is 0 Å². The molecule has 0 spiro atoms. The summed E-state index contributed by atoms with van der Waals surface area (Å²) < 4.78 is 19.0. The van der Waals surface area contributed by atoms with Gasteiger partial charge >= 0.3 is 0 Å². The lowest BCUT2D eigenvalue weighted by Gasteiger charge is -2.36. The number of carbonyl (C=O) groups is 1. The highest BCUT2D eigenvalue weighted by Crippen LogP contribution is 2.12. The first kappa shape index (κ1) is 26.1. The van der Waals surface area contributed by atoms with Gasteiger partial charge in [0.2, 0.25) is 5.91 Å². The Bertz CT molecular complexity index is 747. The van der Waals surface area contributed by atoms with Gasteiger partial charge in [-0.2, -0.15) is 5.26 Å². The van der Waals surface area contributed by atoms with E-state index in [1.165, 1.54) is 6.07 Å². The van der Waals surface area contributed by atoms with Gasteiger partial charge in [-0.1, -0.05) is 6.07 Å². The molecule has 1 aliphatic heterocycles. The average Bonchev–Trinajstić information content (AvgIpc) is 2.72. The number of methoxy groups -OCH3 is 1. The second-order valence-electron chi connectivity index (χ2n) is 6.69. The fourth-order valence-electron chi connectivity index (χ4n) is 3.00. The van der Waals surface area contributed by atoms with Crippen LogP contribution in [0.5, 0.6) is 0 Å². The molecule has 30 heavy (non-hydrogen) atoms. The van der Waals surface area contributed by atoms with Crippen molar-refractivity contribution in [3.8, 4) is 6.07 Å². The van der Waals surface area contributed by atoms with Gasteiger partial charge in [-0.25, -0.2) is 9.38 Å². The molecule has 1 fully saturated rings. The van der Waals surface area contributed by atoms with Gasteiger partial charge in [-0.15, -0.1) is 24.0 Å². The molecule has 1 heterocycles. The quantitative estimate of drug-likeness (QED) is 0.226. The van der Waals surface area contributed by atoms with Gasteiger partial charge in [0, 0.05) is 51.9 Å². The number of hydrogen-bond acceptors (Lipinski definition) is 5. The average molecular weight is 532 g/mol. The van der Waals surface area contributed by atoms with Crippen LogP contribution in [0.25, 0.3) is 0 Å². The number of halogens is 2.